The molecular weight excluding hydrogens is 660 g/mol. The van der Waals surface area contributed by atoms with E-state index in [0.717, 1.165) is 11.8 Å². The number of hydrogen-bond donors (Lipinski definition) is 3. The van der Waals surface area contributed by atoms with Crippen molar-refractivity contribution in [1.82, 2.24) is 4.57 Å². The molecular formula is C29H34Cl3F3N6O2S. The van der Waals surface area contributed by atoms with Crippen LogP contribution in [0.4, 0.5) is 41.6 Å². The molecule has 2 heterocycles. The van der Waals surface area contributed by atoms with Crippen molar-refractivity contribution < 1.29 is 35.2 Å². The van der Waals surface area contributed by atoms with Gasteiger partial charge < -0.3 is 42.7 Å². The molecule has 0 radical (unpaired) electrons. The lowest BCUT2D eigenvalue weighted by atomic mass is 10.1. The molecule has 2 amide bonds. The summed E-state index contributed by atoms with van der Waals surface area (Å²) in [5.41, 5.74) is 0.641. The van der Waals surface area contributed by atoms with Crippen LogP contribution >= 0.6 is 23.2 Å². The van der Waals surface area contributed by atoms with Crippen molar-refractivity contribution in [2.75, 3.05) is 75.9 Å². The minimum Gasteiger partial charge on any atom is -1.00 e. The second-order valence-electron chi connectivity index (χ2n) is 10.2. The van der Waals surface area contributed by atoms with Gasteiger partial charge in [0.2, 0.25) is 5.91 Å². The van der Waals surface area contributed by atoms with E-state index in [9.17, 15) is 22.8 Å². The zero-order valence-corrected chi connectivity index (χ0v) is 27.4. The zero-order valence-electron chi connectivity index (χ0n) is 24.4. The Balaban J connectivity index is 0.00000529. The summed E-state index contributed by atoms with van der Waals surface area (Å²) in [7, 11) is 1.82. The summed E-state index contributed by atoms with van der Waals surface area (Å²) in [6.07, 6.45) is 3.03. The molecule has 0 saturated heterocycles. The van der Waals surface area contributed by atoms with Crippen molar-refractivity contribution in [1.29, 1.82) is 0 Å². The topological polar surface area (TPSA) is 81.6 Å². The second kappa shape index (κ2) is 14.9. The normalized spacial score (nSPS) is 15.8. The molecule has 8 nitrogen and oxygen atoms in total. The van der Waals surface area contributed by atoms with Crippen molar-refractivity contribution >= 4 is 74.3 Å². The molecule has 240 valence electrons. The average molecular weight is 694 g/mol. The first-order valence-electron chi connectivity index (χ1n) is 13.4. The van der Waals surface area contributed by atoms with E-state index in [1.807, 2.05) is 18.2 Å². The Morgan fingerprint density at radius 2 is 1.70 bits per heavy atom. The van der Waals surface area contributed by atoms with E-state index in [0.29, 0.717) is 23.5 Å². The third-order valence-corrected chi connectivity index (χ3v) is 8.44. The van der Waals surface area contributed by atoms with E-state index in [4.69, 9.17) is 23.2 Å². The standard InChI is InChI=1S/C29H33Cl2F3N6O2S.ClH/c1-38-24-10-5-4-8-22(24)37-29(38,40-15-11-20(19-40)35-25(41)12-18-43(2)3)27(42)36-23-9-6-7-21(28(32,33)34)26(23)39(16-13-30)17-14-31;/h4-11,15,19,37H,12-14,16-18H2,1-3H3,(H-,35,36,41,42);1H. The maximum atomic E-state index is 14.4. The van der Waals surface area contributed by atoms with Gasteiger partial charge in [0.15, 0.2) is 0 Å². The van der Waals surface area contributed by atoms with Crippen molar-refractivity contribution in [3.8, 4) is 0 Å². The number of nitrogens with zero attached hydrogens (tertiary/aromatic N) is 3. The van der Waals surface area contributed by atoms with Gasteiger partial charge in [0.25, 0.3) is 11.7 Å². The lowest BCUT2D eigenvalue weighted by Gasteiger charge is -2.38. The quantitative estimate of drug-likeness (QED) is 0.201. The van der Waals surface area contributed by atoms with E-state index in [1.54, 1.807) is 41.0 Å². The van der Waals surface area contributed by atoms with E-state index >= 15 is 0 Å². The van der Waals surface area contributed by atoms with Crippen molar-refractivity contribution in [2.45, 2.75) is 18.4 Å². The van der Waals surface area contributed by atoms with Gasteiger partial charge >= 0.3 is 6.18 Å². The molecule has 15 heteroatoms. The molecule has 0 saturated carbocycles. The Morgan fingerprint density at radius 3 is 2.32 bits per heavy atom. The molecule has 4 rings (SSSR count). The van der Waals surface area contributed by atoms with Crippen LogP contribution in [0, 0.1) is 0 Å². The Kier molecular flexibility index (Phi) is 12.0. The van der Waals surface area contributed by atoms with Crippen LogP contribution in [0.25, 0.3) is 0 Å². The van der Waals surface area contributed by atoms with Crippen LogP contribution in [0.2, 0.25) is 0 Å². The number of para-hydroxylation sites is 3. The Morgan fingerprint density at radius 1 is 1.02 bits per heavy atom. The summed E-state index contributed by atoms with van der Waals surface area (Å²) in [5, 5.41) is 8.91. The van der Waals surface area contributed by atoms with Gasteiger partial charge in [0, 0.05) is 44.3 Å². The first-order chi connectivity index (χ1) is 20.4. The molecule has 1 aliphatic rings. The van der Waals surface area contributed by atoms with Crippen LogP contribution in [0.5, 0.6) is 0 Å². The van der Waals surface area contributed by atoms with Crippen LogP contribution in [-0.2, 0) is 32.4 Å². The van der Waals surface area contributed by atoms with E-state index in [-0.39, 0.29) is 65.4 Å². The molecule has 0 fully saturated rings. The highest BCUT2D eigenvalue weighted by atomic mass is 35.5. The number of amides is 2. The number of anilines is 5. The van der Waals surface area contributed by atoms with Crippen LogP contribution < -0.4 is 38.2 Å². The molecule has 1 aromatic heterocycles. The lowest BCUT2D eigenvalue weighted by Crippen LogP contribution is -3.00. The van der Waals surface area contributed by atoms with Crippen molar-refractivity contribution in [3.05, 3.63) is 66.5 Å². The van der Waals surface area contributed by atoms with Gasteiger partial charge in [-0.05, 0) is 41.2 Å². The highest BCUT2D eigenvalue weighted by Gasteiger charge is 2.50. The van der Waals surface area contributed by atoms with E-state index in [2.05, 4.69) is 28.5 Å². The molecule has 1 atom stereocenters. The minimum atomic E-state index is -4.70. The molecule has 1 unspecified atom stereocenters. The summed E-state index contributed by atoms with van der Waals surface area (Å²) < 4.78 is 44.3. The SMILES string of the molecule is CN1c2ccccc2NC1(C(=O)Nc1cccc(C(F)(F)F)c1N(CCCl)CCCl)n1ccc(NC(=O)CC[S+](C)C)c1.[Cl-]. The largest absolute Gasteiger partial charge is 1.00 e. The molecule has 44 heavy (non-hydrogen) atoms. The van der Waals surface area contributed by atoms with Gasteiger partial charge in [0.05, 0.1) is 52.9 Å². The fraction of sp³-hybridized carbons (Fsp3) is 0.379. The monoisotopic (exact) mass is 692 g/mol. The fourth-order valence-corrected chi connectivity index (χ4v) is 6.04. The van der Waals surface area contributed by atoms with Gasteiger partial charge in [0.1, 0.15) is 5.75 Å². The predicted molar refractivity (Wildman–Crippen MR) is 172 cm³/mol. The Labute approximate surface area is 274 Å². The van der Waals surface area contributed by atoms with Crippen LogP contribution in [0.1, 0.15) is 12.0 Å². The smallest absolute Gasteiger partial charge is 0.418 e. The van der Waals surface area contributed by atoms with E-state index in [1.165, 1.54) is 17.0 Å². The number of halogens is 6. The van der Waals surface area contributed by atoms with Gasteiger partial charge in [-0.15, -0.1) is 23.2 Å². The molecule has 0 spiro atoms. The number of hydrogen-bond acceptors (Lipinski definition) is 5. The summed E-state index contributed by atoms with van der Waals surface area (Å²) in [4.78, 5) is 30.1. The number of rotatable bonds is 12. The number of benzene rings is 2. The minimum absolute atomic E-state index is 0. The fourth-order valence-electron chi connectivity index (χ4n) is 5.04. The maximum absolute atomic E-state index is 14.4. The van der Waals surface area contributed by atoms with E-state index < -0.39 is 23.4 Å². The third-order valence-electron chi connectivity index (χ3n) is 7.08. The Bertz CT molecular complexity index is 1450. The van der Waals surface area contributed by atoms with Crippen molar-refractivity contribution in [2.24, 2.45) is 0 Å². The third kappa shape index (κ3) is 7.47. The number of alkyl halides is 5. The first-order valence-corrected chi connectivity index (χ1v) is 16.7. The first kappa shape index (κ1) is 35.5. The van der Waals surface area contributed by atoms with Crippen LogP contribution in [-0.4, -0.2) is 66.5 Å². The van der Waals surface area contributed by atoms with Gasteiger partial charge in [-0.1, -0.05) is 18.2 Å². The summed E-state index contributed by atoms with van der Waals surface area (Å²) >= 11 is 11.9. The number of carbonyl (C=O) groups excluding carboxylic acids is 2. The average Bonchev–Trinajstić information content (AvgIpc) is 3.54. The summed E-state index contributed by atoms with van der Waals surface area (Å²) in [6, 6.07) is 12.6. The lowest BCUT2D eigenvalue weighted by molar-refractivity contribution is -0.137. The second-order valence-corrected chi connectivity index (χ2v) is 13.3. The molecule has 2 aromatic carbocycles. The van der Waals surface area contributed by atoms with Gasteiger partial charge in [-0.25, -0.2) is 0 Å². The van der Waals surface area contributed by atoms with Crippen LogP contribution in [0.3, 0.4) is 0 Å². The van der Waals surface area contributed by atoms with Crippen molar-refractivity contribution in [3.63, 3.8) is 0 Å². The van der Waals surface area contributed by atoms with Crippen LogP contribution in [0.15, 0.2) is 60.9 Å². The maximum Gasteiger partial charge on any atom is 0.418 e. The molecule has 0 aliphatic carbocycles. The Hall–Kier alpha value is -2.93. The molecule has 0 bridgehead atoms. The molecule has 3 N–H and O–H groups in total. The number of nitrogens with one attached hydrogen (secondary N) is 3. The molecule has 3 aromatic rings. The number of fused-ring (bicyclic) bond motifs is 1. The van der Waals surface area contributed by atoms with Gasteiger partial charge in [-0.2, -0.15) is 13.2 Å². The predicted octanol–water partition coefficient (Wildman–Crippen LogP) is 2.81. The number of likely N-dealkylation sites (N-methyl/N-ethyl adjacent to an activating group) is 1. The molecule has 1 aliphatic heterocycles. The zero-order chi connectivity index (χ0) is 31.4. The highest BCUT2D eigenvalue weighted by molar-refractivity contribution is 7.95. The highest BCUT2D eigenvalue weighted by Crippen LogP contribution is 2.45. The number of carbonyl (C=O) groups is 2. The number of aromatic nitrogens is 1. The van der Waals surface area contributed by atoms with Gasteiger partial charge in [-0.3, -0.25) is 9.59 Å². The summed E-state index contributed by atoms with van der Waals surface area (Å²) in [5.74, 6) is -1.59. The summed E-state index contributed by atoms with van der Waals surface area (Å²) in [6.45, 7) is 0.161.